The number of anilines is 2. The third kappa shape index (κ3) is 4.16. The van der Waals surface area contributed by atoms with Crippen LogP contribution in [0.1, 0.15) is 15.9 Å². The molecule has 0 atom stereocenters. The van der Waals surface area contributed by atoms with Crippen molar-refractivity contribution in [1.29, 1.82) is 0 Å². The van der Waals surface area contributed by atoms with Gasteiger partial charge in [-0.2, -0.15) is 0 Å². The molecule has 158 valence electrons. The zero-order chi connectivity index (χ0) is 21.1. The first-order valence-corrected chi connectivity index (χ1v) is 9.83. The number of aromatic nitrogens is 1. The fourth-order valence-corrected chi connectivity index (χ4v) is 3.71. The summed E-state index contributed by atoms with van der Waals surface area (Å²) in [6.07, 6.45) is 1.55. The first-order chi connectivity index (χ1) is 14.6. The van der Waals surface area contributed by atoms with E-state index >= 15 is 0 Å². The minimum atomic E-state index is -0.143. The molecule has 1 saturated heterocycles. The van der Waals surface area contributed by atoms with Crippen molar-refractivity contribution in [2.75, 3.05) is 57.6 Å². The fourth-order valence-electron chi connectivity index (χ4n) is 3.71. The van der Waals surface area contributed by atoms with Gasteiger partial charge in [0.05, 0.1) is 32.0 Å². The van der Waals surface area contributed by atoms with Crippen LogP contribution in [0, 0.1) is 0 Å². The lowest BCUT2D eigenvalue weighted by Crippen LogP contribution is -2.48. The molecule has 9 heteroatoms. The normalized spacial score (nSPS) is 16.3. The van der Waals surface area contributed by atoms with Crippen molar-refractivity contribution in [2.24, 2.45) is 0 Å². The number of nitrogens with one attached hydrogen (secondary N) is 2. The molecule has 2 N–H and O–H groups in total. The predicted octanol–water partition coefficient (Wildman–Crippen LogP) is 1.42. The summed E-state index contributed by atoms with van der Waals surface area (Å²) < 4.78 is 10.8. The van der Waals surface area contributed by atoms with Crippen LogP contribution in [0.4, 0.5) is 11.5 Å². The van der Waals surface area contributed by atoms with E-state index in [1.807, 2.05) is 23.1 Å². The summed E-state index contributed by atoms with van der Waals surface area (Å²) in [5.41, 5.74) is 2.07. The van der Waals surface area contributed by atoms with E-state index in [1.54, 1.807) is 26.5 Å². The van der Waals surface area contributed by atoms with Crippen LogP contribution >= 0.6 is 0 Å². The number of fused-ring (bicyclic) bond motifs is 1. The second kappa shape index (κ2) is 8.58. The number of benzene rings is 1. The van der Waals surface area contributed by atoms with Crippen molar-refractivity contribution in [3.05, 3.63) is 41.6 Å². The van der Waals surface area contributed by atoms with Crippen molar-refractivity contribution in [2.45, 2.75) is 6.54 Å². The maximum absolute atomic E-state index is 12.9. The van der Waals surface area contributed by atoms with Crippen LogP contribution < -0.4 is 20.1 Å². The van der Waals surface area contributed by atoms with Crippen LogP contribution in [0.25, 0.3) is 0 Å². The topological polar surface area (TPSA) is 96.0 Å². The van der Waals surface area contributed by atoms with E-state index in [0.29, 0.717) is 30.2 Å². The molecular weight excluding hydrogens is 386 g/mol. The van der Waals surface area contributed by atoms with E-state index in [-0.39, 0.29) is 18.4 Å². The summed E-state index contributed by atoms with van der Waals surface area (Å²) in [4.78, 5) is 32.9. The van der Waals surface area contributed by atoms with E-state index < -0.39 is 0 Å². The number of piperazine rings is 1. The molecule has 0 saturated carbocycles. The highest BCUT2D eigenvalue weighted by Crippen LogP contribution is 2.26. The van der Waals surface area contributed by atoms with Gasteiger partial charge in [-0.15, -0.1) is 0 Å². The van der Waals surface area contributed by atoms with Crippen LogP contribution in [0.2, 0.25) is 0 Å². The smallest absolute Gasteiger partial charge is 0.255 e. The van der Waals surface area contributed by atoms with Gasteiger partial charge in [0.1, 0.15) is 17.3 Å². The van der Waals surface area contributed by atoms with Crippen LogP contribution in [0.5, 0.6) is 11.5 Å². The van der Waals surface area contributed by atoms with Crippen molar-refractivity contribution in [3.63, 3.8) is 0 Å². The number of hydrogen-bond donors (Lipinski definition) is 2. The number of pyridine rings is 1. The van der Waals surface area contributed by atoms with Gasteiger partial charge in [0.25, 0.3) is 5.91 Å². The average molecular weight is 411 g/mol. The maximum atomic E-state index is 12.9. The lowest BCUT2D eigenvalue weighted by molar-refractivity contribution is -0.114. The molecule has 0 radical (unpaired) electrons. The van der Waals surface area contributed by atoms with Gasteiger partial charge in [-0.3, -0.25) is 14.5 Å². The molecule has 1 aromatic heterocycles. The largest absolute Gasteiger partial charge is 0.497 e. The lowest BCUT2D eigenvalue weighted by Gasteiger charge is -2.35. The van der Waals surface area contributed by atoms with E-state index in [1.165, 1.54) is 0 Å². The minimum absolute atomic E-state index is 0.0799. The zero-order valence-electron chi connectivity index (χ0n) is 17.1. The molecule has 0 aliphatic carbocycles. The Hall–Kier alpha value is -3.33. The van der Waals surface area contributed by atoms with Crippen molar-refractivity contribution in [1.82, 2.24) is 14.8 Å². The molecule has 0 spiro atoms. The van der Waals surface area contributed by atoms with E-state index in [0.717, 1.165) is 36.7 Å². The molecular formula is C21H25N5O4. The monoisotopic (exact) mass is 411 g/mol. The molecule has 9 nitrogen and oxygen atoms in total. The van der Waals surface area contributed by atoms with Crippen LogP contribution in [-0.2, 0) is 11.3 Å². The second-order valence-electron chi connectivity index (χ2n) is 7.27. The molecule has 2 aromatic rings. The van der Waals surface area contributed by atoms with Gasteiger partial charge in [0, 0.05) is 44.5 Å². The Kier molecular flexibility index (Phi) is 5.71. The highest BCUT2D eigenvalue weighted by atomic mass is 16.5. The van der Waals surface area contributed by atoms with E-state index in [9.17, 15) is 9.59 Å². The standard InChI is InChI=1S/C21H25N5O4/c1-29-16-3-4-18(30-2)15(9-16)13-25-5-7-26(8-6-25)21(28)14-10-17-20(22-11-14)23-12-19(27)24-17/h3-4,9-11H,5-8,12-13H2,1-2H3,(H,22,23)(H,24,27). The van der Waals surface area contributed by atoms with Crippen LogP contribution in [-0.4, -0.2) is 73.5 Å². The molecule has 2 amide bonds. The van der Waals surface area contributed by atoms with Gasteiger partial charge < -0.3 is 25.0 Å². The highest BCUT2D eigenvalue weighted by Gasteiger charge is 2.25. The number of hydrogen-bond acceptors (Lipinski definition) is 7. The van der Waals surface area contributed by atoms with Crippen LogP contribution in [0.3, 0.4) is 0 Å². The Morgan fingerprint density at radius 3 is 2.67 bits per heavy atom. The summed E-state index contributed by atoms with van der Waals surface area (Å²) >= 11 is 0. The van der Waals surface area contributed by atoms with Gasteiger partial charge in [0.15, 0.2) is 0 Å². The number of ether oxygens (including phenoxy) is 2. The lowest BCUT2D eigenvalue weighted by atomic mass is 10.1. The van der Waals surface area contributed by atoms with Gasteiger partial charge in [0.2, 0.25) is 5.91 Å². The Labute approximate surface area is 175 Å². The van der Waals surface area contributed by atoms with Crippen molar-refractivity contribution < 1.29 is 19.1 Å². The summed E-state index contributed by atoms with van der Waals surface area (Å²) in [7, 11) is 3.31. The number of amides is 2. The fraction of sp³-hybridized carbons (Fsp3) is 0.381. The summed E-state index contributed by atoms with van der Waals surface area (Å²) in [5, 5.41) is 5.68. The Bertz CT molecular complexity index is 956. The third-order valence-corrected chi connectivity index (χ3v) is 5.37. The molecule has 2 aliphatic heterocycles. The number of carbonyl (C=O) groups is 2. The quantitative estimate of drug-likeness (QED) is 0.768. The zero-order valence-corrected chi connectivity index (χ0v) is 17.1. The van der Waals surface area contributed by atoms with Crippen molar-refractivity contribution >= 4 is 23.3 Å². The molecule has 1 aromatic carbocycles. The minimum Gasteiger partial charge on any atom is -0.497 e. The Balaban J connectivity index is 1.38. The summed E-state index contributed by atoms with van der Waals surface area (Å²) in [5.74, 6) is 1.98. The predicted molar refractivity (Wildman–Crippen MR) is 112 cm³/mol. The third-order valence-electron chi connectivity index (χ3n) is 5.37. The molecule has 1 fully saturated rings. The average Bonchev–Trinajstić information content (AvgIpc) is 2.78. The van der Waals surface area contributed by atoms with Gasteiger partial charge in [-0.05, 0) is 24.3 Å². The molecule has 3 heterocycles. The molecule has 2 aliphatic rings. The number of nitrogens with zero attached hydrogens (tertiary/aromatic N) is 3. The Morgan fingerprint density at radius 1 is 1.13 bits per heavy atom. The number of rotatable bonds is 5. The highest BCUT2D eigenvalue weighted by molar-refractivity contribution is 6.02. The van der Waals surface area contributed by atoms with Gasteiger partial charge in [-0.1, -0.05) is 0 Å². The Morgan fingerprint density at radius 2 is 1.93 bits per heavy atom. The molecule has 0 unspecified atom stereocenters. The first-order valence-electron chi connectivity index (χ1n) is 9.83. The van der Waals surface area contributed by atoms with Gasteiger partial charge >= 0.3 is 0 Å². The molecule has 4 rings (SSSR count). The summed E-state index contributed by atoms with van der Waals surface area (Å²) in [6.45, 7) is 3.65. The maximum Gasteiger partial charge on any atom is 0.255 e. The van der Waals surface area contributed by atoms with E-state index in [4.69, 9.17) is 9.47 Å². The first kappa shape index (κ1) is 20.0. The number of carbonyl (C=O) groups excluding carboxylic acids is 2. The van der Waals surface area contributed by atoms with E-state index in [2.05, 4.69) is 20.5 Å². The van der Waals surface area contributed by atoms with Gasteiger partial charge in [-0.25, -0.2) is 4.98 Å². The van der Waals surface area contributed by atoms with Crippen LogP contribution in [0.15, 0.2) is 30.5 Å². The summed E-state index contributed by atoms with van der Waals surface area (Å²) in [6, 6.07) is 7.45. The molecule has 30 heavy (non-hydrogen) atoms. The SMILES string of the molecule is COc1ccc(OC)c(CN2CCN(C(=O)c3cnc4c(c3)NC(=O)CN4)CC2)c1. The second-order valence-corrected chi connectivity index (χ2v) is 7.27. The molecule has 0 bridgehead atoms. The number of methoxy groups -OCH3 is 2. The van der Waals surface area contributed by atoms with Crippen molar-refractivity contribution in [3.8, 4) is 11.5 Å².